The summed E-state index contributed by atoms with van der Waals surface area (Å²) in [4.78, 5) is 11.9. The molecule has 0 aromatic heterocycles. The monoisotopic (exact) mass is 379 g/mol. The predicted molar refractivity (Wildman–Crippen MR) is 102 cm³/mol. The molecule has 0 heterocycles. The molecule has 0 saturated heterocycles. The fraction of sp³-hybridized carbons (Fsp3) is 0.100. The van der Waals surface area contributed by atoms with E-state index in [4.69, 9.17) is 11.0 Å². The van der Waals surface area contributed by atoms with Gasteiger partial charge in [-0.2, -0.15) is 9.98 Å². The van der Waals surface area contributed by atoms with Crippen LogP contribution in [0.4, 0.5) is 0 Å². The molecular formula is C20H17N3O3S. The molecule has 7 heteroatoms. The number of nitrogens with two attached hydrogens (primary N) is 1. The summed E-state index contributed by atoms with van der Waals surface area (Å²) < 4.78 is 27.8. The molecular weight excluding hydrogens is 362 g/mol. The number of primary amides is 1. The van der Waals surface area contributed by atoms with Crippen LogP contribution in [-0.4, -0.2) is 20.4 Å². The molecule has 3 aromatic carbocycles. The predicted octanol–water partition coefficient (Wildman–Crippen LogP) is 2.09. The van der Waals surface area contributed by atoms with E-state index in [9.17, 15) is 13.2 Å². The molecule has 0 aliphatic rings. The van der Waals surface area contributed by atoms with E-state index in [0.717, 1.165) is 10.8 Å². The van der Waals surface area contributed by atoms with Gasteiger partial charge < -0.3 is 5.73 Å². The maximum absolute atomic E-state index is 12.7. The highest BCUT2D eigenvalue weighted by atomic mass is 32.2. The maximum Gasteiger partial charge on any atom is 0.241 e. The van der Waals surface area contributed by atoms with E-state index in [0.29, 0.717) is 11.1 Å². The minimum atomic E-state index is -3.93. The SMILES string of the molecule is N#Cc1ccc(CC(NS(=O)(=O)c2ccc3ccccc3c2)C(N)=O)cc1. The van der Waals surface area contributed by atoms with Crippen LogP contribution in [0.2, 0.25) is 0 Å². The van der Waals surface area contributed by atoms with Crippen molar-refractivity contribution in [1.82, 2.24) is 4.72 Å². The molecule has 0 spiro atoms. The lowest BCUT2D eigenvalue weighted by Crippen LogP contribution is -2.45. The van der Waals surface area contributed by atoms with Crippen LogP contribution in [0.25, 0.3) is 10.8 Å². The average Bonchev–Trinajstić information content (AvgIpc) is 2.67. The van der Waals surface area contributed by atoms with Gasteiger partial charge >= 0.3 is 0 Å². The Morgan fingerprint density at radius 3 is 2.33 bits per heavy atom. The largest absolute Gasteiger partial charge is 0.368 e. The normalized spacial score (nSPS) is 12.4. The number of rotatable bonds is 6. The Morgan fingerprint density at radius 1 is 1.04 bits per heavy atom. The van der Waals surface area contributed by atoms with Crippen molar-refractivity contribution < 1.29 is 13.2 Å². The second kappa shape index (κ2) is 7.58. The van der Waals surface area contributed by atoms with Crippen molar-refractivity contribution >= 4 is 26.7 Å². The molecule has 0 aliphatic heterocycles. The van der Waals surface area contributed by atoms with Gasteiger partial charge in [0.2, 0.25) is 15.9 Å². The smallest absolute Gasteiger partial charge is 0.241 e. The van der Waals surface area contributed by atoms with Crippen molar-refractivity contribution in [3.05, 3.63) is 77.9 Å². The first-order chi connectivity index (χ1) is 12.9. The van der Waals surface area contributed by atoms with Crippen molar-refractivity contribution in [2.75, 3.05) is 0 Å². The number of hydrogen-bond donors (Lipinski definition) is 2. The Labute approximate surface area is 157 Å². The molecule has 3 aromatic rings. The number of carbonyl (C=O) groups is 1. The van der Waals surface area contributed by atoms with E-state index in [1.807, 2.05) is 30.3 Å². The second-order valence-corrected chi connectivity index (χ2v) is 7.81. The van der Waals surface area contributed by atoms with Gasteiger partial charge in [0.15, 0.2) is 0 Å². The van der Waals surface area contributed by atoms with Crippen LogP contribution >= 0.6 is 0 Å². The van der Waals surface area contributed by atoms with Crippen molar-refractivity contribution in [3.63, 3.8) is 0 Å². The van der Waals surface area contributed by atoms with Crippen molar-refractivity contribution in [1.29, 1.82) is 5.26 Å². The number of nitriles is 1. The molecule has 0 aliphatic carbocycles. The summed E-state index contributed by atoms with van der Waals surface area (Å²) in [6.45, 7) is 0. The molecule has 136 valence electrons. The van der Waals surface area contributed by atoms with Crippen LogP contribution in [0.5, 0.6) is 0 Å². The van der Waals surface area contributed by atoms with Gasteiger partial charge in [-0.05, 0) is 47.0 Å². The van der Waals surface area contributed by atoms with Gasteiger partial charge in [0.05, 0.1) is 16.5 Å². The van der Waals surface area contributed by atoms with Crippen LogP contribution < -0.4 is 10.5 Å². The molecule has 0 bridgehead atoms. The fourth-order valence-electron chi connectivity index (χ4n) is 2.74. The Kier molecular flexibility index (Phi) is 5.21. The summed E-state index contributed by atoms with van der Waals surface area (Å²) in [6, 6.07) is 19.6. The maximum atomic E-state index is 12.7. The van der Waals surface area contributed by atoms with Gasteiger partial charge in [0.1, 0.15) is 6.04 Å². The van der Waals surface area contributed by atoms with Crippen molar-refractivity contribution in [3.8, 4) is 6.07 Å². The van der Waals surface area contributed by atoms with E-state index in [1.165, 1.54) is 6.07 Å². The molecule has 1 unspecified atom stereocenters. The van der Waals surface area contributed by atoms with Crippen LogP contribution in [0, 0.1) is 11.3 Å². The zero-order chi connectivity index (χ0) is 19.4. The number of sulfonamides is 1. The lowest BCUT2D eigenvalue weighted by molar-refractivity contribution is -0.119. The molecule has 3 rings (SSSR count). The van der Waals surface area contributed by atoms with Crippen LogP contribution in [0.3, 0.4) is 0 Å². The lowest BCUT2D eigenvalue weighted by atomic mass is 10.0. The summed E-state index contributed by atoms with van der Waals surface area (Å²) >= 11 is 0. The molecule has 0 saturated carbocycles. The minimum Gasteiger partial charge on any atom is -0.368 e. The molecule has 0 radical (unpaired) electrons. The highest BCUT2D eigenvalue weighted by molar-refractivity contribution is 7.89. The number of nitrogens with one attached hydrogen (secondary N) is 1. The summed E-state index contributed by atoms with van der Waals surface area (Å²) in [5.74, 6) is -0.774. The van der Waals surface area contributed by atoms with Crippen LogP contribution in [0.15, 0.2) is 71.6 Å². The van der Waals surface area contributed by atoms with E-state index >= 15 is 0 Å². The van der Waals surface area contributed by atoms with Gasteiger partial charge in [0, 0.05) is 0 Å². The van der Waals surface area contributed by atoms with Crippen molar-refractivity contribution in [2.24, 2.45) is 5.73 Å². The number of amides is 1. The molecule has 1 atom stereocenters. The zero-order valence-corrected chi connectivity index (χ0v) is 15.1. The number of fused-ring (bicyclic) bond motifs is 1. The average molecular weight is 379 g/mol. The van der Waals surface area contributed by atoms with Gasteiger partial charge in [-0.25, -0.2) is 8.42 Å². The Morgan fingerprint density at radius 2 is 1.70 bits per heavy atom. The lowest BCUT2D eigenvalue weighted by Gasteiger charge is -2.16. The molecule has 3 N–H and O–H groups in total. The third-order valence-electron chi connectivity index (χ3n) is 4.19. The molecule has 0 fully saturated rings. The number of nitrogens with zero attached hydrogens (tertiary/aromatic N) is 1. The third kappa shape index (κ3) is 4.31. The Hall–Kier alpha value is -3.21. The summed E-state index contributed by atoms with van der Waals surface area (Å²) in [6.07, 6.45) is 0.0911. The second-order valence-electron chi connectivity index (χ2n) is 6.10. The number of carbonyl (C=O) groups excluding carboxylic acids is 1. The third-order valence-corrected chi connectivity index (χ3v) is 5.66. The van der Waals surface area contributed by atoms with Crippen LogP contribution in [-0.2, 0) is 21.2 Å². The summed E-state index contributed by atoms with van der Waals surface area (Å²) in [7, 11) is -3.93. The first kappa shape index (κ1) is 18.6. The first-order valence-corrected chi connectivity index (χ1v) is 9.67. The minimum absolute atomic E-state index is 0.0623. The van der Waals surface area contributed by atoms with E-state index in [-0.39, 0.29) is 11.3 Å². The van der Waals surface area contributed by atoms with Crippen LogP contribution in [0.1, 0.15) is 11.1 Å². The Bertz CT molecular complexity index is 1130. The highest BCUT2D eigenvalue weighted by Gasteiger charge is 2.24. The number of benzene rings is 3. The summed E-state index contributed by atoms with van der Waals surface area (Å²) in [5, 5.41) is 10.5. The standard InChI is InChI=1S/C20H17N3O3S/c21-13-15-7-5-14(6-8-15)11-19(20(22)24)23-27(25,26)18-10-9-16-3-1-2-4-17(16)12-18/h1-10,12,19,23H,11H2,(H2,22,24). The number of hydrogen-bond acceptors (Lipinski definition) is 4. The topological polar surface area (TPSA) is 113 Å². The molecule has 6 nitrogen and oxygen atoms in total. The van der Waals surface area contributed by atoms with Gasteiger partial charge in [0.25, 0.3) is 0 Å². The molecule has 1 amide bonds. The van der Waals surface area contributed by atoms with E-state index in [2.05, 4.69) is 4.72 Å². The van der Waals surface area contributed by atoms with Gasteiger partial charge in [-0.1, -0.05) is 42.5 Å². The fourth-order valence-corrected chi connectivity index (χ4v) is 3.98. The molecule has 27 heavy (non-hydrogen) atoms. The first-order valence-electron chi connectivity index (χ1n) is 8.18. The van der Waals surface area contributed by atoms with E-state index in [1.54, 1.807) is 36.4 Å². The van der Waals surface area contributed by atoms with Gasteiger partial charge in [-0.3, -0.25) is 4.79 Å². The Balaban J connectivity index is 1.85. The highest BCUT2D eigenvalue weighted by Crippen LogP contribution is 2.19. The van der Waals surface area contributed by atoms with Crippen molar-refractivity contribution in [2.45, 2.75) is 17.4 Å². The van der Waals surface area contributed by atoms with E-state index < -0.39 is 22.0 Å². The zero-order valence-electron chi connectivity index (χ0n) is 14.3. The summed E-state index contributed by atoms with van der Waals surface area (Å²) in [5.41, 5.74) is 6.57. The van der Waals surface area contributed by atoms with Gasteiger partial charge in [-0.15, -0.1) is 0 Å². The quantitative estimate of drug-likeness (QED) is 0.682.